The summed E-state index contributed by atoms with van der Waals surface area (Å²) in [5.41, 5.74) is 1.79. The third-order valence-corrected chi connectivity index (χ3v) is 7.72. The van der Waals surface area contributed by atoms with Gasteiger partial charge in [0.05, 0.1) is 37.0 Å². The third-order valence-electron chi connectivity index (χ3n) is 7.72. The van der Waals surface area contributed by atoms with Gasteiger partial charge in [-0.1, -0.05) is 24.3 Å². The number of benzene rings is 3. The first-order valence-corrected chi connectivity index (χ1v) is 12.3. The molecule has 0 saturated carbocycles. The van der Waals surface area contributed by atoms with Crippen molar-refractivity contribution >= 4 is 35.0 Å². The summed E-state index contributed by atoms with van der Waals surface area (Å²) in [5.74, 6) is -2.63. The van der Waals surface area contributed by atoms with Crippen molar-refractivity contribution in [1.29, 1.82) is 0 Å². The summed E-state index contributed by atoms with van der Waals surface area (Å²) < 4.78 is 10.6. The number of fused-ring (bicyclic) bond motifs is 5. The second-order valence-electron chi connectivity index (χ2n) is 9.55. The number of hydrogen-bond acceptors (Lipinski definition) is 8. The van der Waals surface area contributed by atoms with Crippen LogP contribution in [0, 0.1) is 22.0 Å². The van der Waals surface area contributed by atoms with Gasteiger partial charge in [-0.2, -0.15) is 0 Å². The predicted octanol–water partition coefficient (Wildman–Crippen LogP) is 4.01. The van der Waals surface area contributed by atoms with Gasteiger partial charge in [0.25, 0.3) is 5.69 Å². The highest BCUT2D eigenvalue weighted by Gasteiger charge is 2.64. The number of imide groups is 1. The van der Waals surface area contributed by atoms with E-state index in [1.807, 2.05) is 35.2 Å². The maximum absolute atomic E-state index is 14.1. The number of ether oxygens (including phenoxy) is 2. The van der Waals surface area contributed by atoms with E-state index in [2.05, 4.69) is 0 Å². The van der Waals surface area contributed by atoms with Crippen molar-refractivity contribution in [2.75, 3.05) is 19.1 Å². The fourth-order valence-corrected chi connectivity index (χ4v) is 5.99. The van der Waals surface area contributed by atoms with Gasteiger partial charge < -0.3 is 14.4 Å². The number of rotatable bonds is 6. The number of nitrogens with zero attached hydrogens (tertiary/aromatic N) is 3. The topological polar surface area (TPSA) is 119 Å². The Labute approximate surface area is 223 Å². The summed E-state index contributed by atoms with van der Waals surface area (Å²) in [5, 5.41) is 11.5. The second-order valence-corrected chi connectivity index (χ2v) is 9.55. The quantitative estimate of drug-likeness (QED) is 0.205. The van der Waals surface area contributed by atoms with Crippen molar-refractivity contribution in [3.63, 3.8) is 0 Å². The summed E-state index contributed by atoms with van der Waals surface area (Å²) >= 11 is 0. The minimum absolute atomic E-state index is 0.0158. The van der Waals surface area contributed by atoms with Crippen molar-refractivity contribution < 1.29 is 28.8 Å². The average Bonchev–Trinajstić information content (AvgIpc) is 3.44. The first-order chi connectivity index (χ1) is 18.8. The summed E-state index contributed by atoms with van der Waals surface area (Å²) in [6, 6.07) is 16.4. The molecule has 0 bridgehead atoms. The number of nitro groups is 1. The highest BCUT2D eigenvalue weighted by atomic mass is 16.6. The zero-order valence-electron chi connectivity index (χ0n) is 21.0. The van der Waals surface area contributed by atoms with Crippen LogP contribution in [0.4, 0.5) is 11.4 Å². The van der Waals surface area contributed by atoms with Crippen molar-refractivity contribution in [3.8, 4) is 11.5 Å². The van der Waals surface area contributed by atoms with Crippen LogP contribution < -0.4 is 14.4 Å². The maximum Gasteiger partial charge on any atom is 0.271 e. The number of carbonyl (C=O) groups is 3. The van der Waals surface area contributed by atoms with Gasteiger partial charge in [-0.05, 0) is 47.5 Å². The van der Waals surface area contributed by atoms with Crippen LogP contribution in [0.25, 0.3) is 6.08 Å². The van der Waals surface area contributed by atoms with E-state index in [0.717, 1.165) is 22.1 Å². The van der Waals surface area contributed by atoms with Crippen molar-refractivity contribution in [2.45, 2.75) is 12.1 Å². The Bertz CT molecular complexity index is 1570. The van der Waals surface area contributed by atoms with Gasteiger partial charge in [-0.3, -0.25) is 24.5 Å². The summed E-state index contributed by atoms with van der Waals surface area (Å²) in [6.45, 7) is 0. The lowest BCUT2D eigenvalue weighted by atomic mass is 9.83. The van der Waals surface area contributed by atoms with Crippen LogP contribution in [0.1, 0.15) is 27.5 Å². The van der Waals surface area contributed by atoms with Crippen LogP contribution in [0.15, 0.2) is 72.9 Å². The fourth-order valence-electron chi connectivity index (χ4n) is 5.99. The van der Waals surface area contributed by atoms with Crippen LogP contribution in [-0.2, 0) is 9.59 Å². The lowest BCUT2D eigenvalue weighted by Gasteiger charge is -2.35. The van der Waals surface area contributed by atoms with Crippen LogP contribution in [0.2, 0.25) is 0 Å². The van der Waals surface area contributed by atoms with E-state index in [9.17, 15) is 24.5 Å². The van der Waals surface area contributed by atoms with Crippen LogP contribution in [0.5, 0.6) is 11.5 Å². The van der Waals surface area contributed by atoms with Gasteiger partial charge in [0.15, 0.2) is 5.78 Å². The number of methoxy groups -OCH3 is 2. The Kier molecular flexibility index (Phi) is 5.67. The van der Waals surface area contributed by atoms with E-state index in [1.54, 1.807) is 30.5 Å². The SMILES string of the molecule is COc1ccc(C(=O)[C@@H]2[C@@H]3C(=O)N(c4cc([N+](=O)[O-])ccc4OC)C(=O)[C@H]3[C@H]3c4ccccc4C=CN23)cc1. The normalized spacial score (nSPS) is 22.8. The summed E-state index contributed by atoms with van der Waals surface area (Å²) in [7, 11) is 2.88. The Morgan fingerprint density at radius 1 is 0.923 bits per heavy atom. The highest BCUT2D eigenvalue weighted by molar-refractivity contribution is 6.25. The zero-order chi connectivity index (χ0) is 27.4. The molecule has 10 heteroatoms. The predicted molar refractivity (Wildman–Crippen MR) is 140 cm³/mol. The number of ketones is 1. The van der Waals surface area contributed by atoms with E-state index >= 15 is 0 Å². The molecular formula is C29H23N3O7. The van der Waals surface area contributed by atoms with E-state index in [0.29, 0.717) is 11.3 Å². The number of anilines is 1. The Morgan fingerprint density at radius 3 is 2.33 bits per heavy atom. The summed E-state index contributed by atoms with van der Waals surface area (Å²) in [6.07, 6.45) is 3.65. The molecule has 0 aromatic heterocycles. The molecule has 0 spiro atoms. The van der Waals surface area contributed by atoms with Crippen LogP contribution in [-0.4, -0.2) is 47.7 Å². The number of amides is 2. The molecule has 0 N–H and O–H groups in total. The largest absolute Gasteiger partial charge is 0.497 e. The standard InChI is InChI=1S/C29H23N3O7/c1-38-19-10-7-17(8-11-19)27(33)26-24-23(25-20-6-4-3-5-16(20)13-14-30(25)26)28(34)31(29(24)35)21-15-18(32(36)37)9-12-22(21)39-2/h3-15,23-26H,1-2H3/t23-,24-,25-,26+/m1/s1. The molecule has 6 rings (SSSR count). The molecule has 3 aliphatic heterocycles. The van der Waals surface area contributed by atoms with Gasteiger partial charge in [0.2, 0.25) is 11.8 Å². The fraction of sp³-hybridized carbons (Fsp3) is 0.207. The minimum Gasteiger partial charge on any atom is -0.497 e. The number of non-ortho nitro benzene ring substituents is 1. The second kappa shape index (κ2) is 9.09. The first-order valence-electron chi connectivity index (χ1n) is 12.3. The van der Waals surface area contributed by atoms with E-state index < -0.39 is 40.7 Å². The number of hydrogen-bond donors (Lipinski definition) is 0. The van der Waals surface area contributed by atoms with Crippen LogP contribution >= 0.6 is 0 Å². The molecule has 10 nitrogen and oxygen atoms in total. The monoisotopic (exact) mass is 525 g/mol. The molecule has 196 valence electrons. The summed E-state index contributed by atoms with van der Waals surface area (Å²) in [4.78, 5) is 55.9. The molecule has 2 saturated heterocycles. The van der Waals surface area contributed by atoms with Gasteiger partial charge in [-0.25, -0.2) is 4.90 Å². The lowest BCUT2D eigenvalue weighted by molar-refractivity contribution is -0.384. The molecule has 3 aliphatic rings. The molecule has 4 atom stereocenters. The third kappa shape index (κ3) is 3.59. The highest BCUT2D eigenvalue weighted by Crippen LogP contribution is 2.54. The van der Waals surface area contributed by atoms with E-state index in [4.69, 9.17) is 9.47 Å². The average molecular weight is 526 g/mol. The van der Waals surface area contributed by atoms with Crippen molar-refractivity contribution in [2.24, 2.45) is 11.8 Å². The van der Waals surface area contributed by atoms with E-state index in [1.165, 1.54) is 26.4 Å². The Morgan fingerprint density at radius 2 is 1.64 bits per heavy atom. The molecule has 3 heterocycles. The van der Waals surface area contributed by atoms with Gasteiger partial charge >= 0.3 is 0 Å². The molecule has 0 unspecified atom stereocenters. The first kappa shape index (κ1) is 24.4. The molecule has 3 aromatic carbocycles. The molecular weight excluding hydrogens is 502 g/mol. The van der Waals surface area contributed by atoms with Crippen molar-refractivity contribution in [1.82, 2.24) is 4.90 Å². The molecule has 2 fully saturated rings. The molecule has 0 radical (unpaired) electrons. The number of carbonyl (C=O) groups excluding carboxylic acids is 3. The van der Waals surface area contributed by atoms with E-state index in [-0.39, 0.29) is 22.9 Å². The van der Waals surface area contributed by atoms with Crippen LogP contribution in [0.3, 0.4) is 0 Å². The minimum atomic E-state index is -1.02. The smallest absolute Gasteiger partial charge is 0.271 e. The van der Waals surface area contributed by atoms with Gasteiger partial charge in [0.1, 0.15) is 23.2 Å². The molecule has 3 aromatic rings. The van der Waals surface area contributed by atoms with Gasteiger partial charge in [-0.15, -0.1) is 0 Å². The molecule has 39 heavy (non-hydrogen) atoms. The number of Topliss-reactive ketones (excluding diaryl/α,β-unsaturated/α-hetero) is 1. The molecule has 2 amide bonds. The zero-order valence-corrected chi connectivity index (χ0v) is 21.0. The Hall–Kier alpha value is -4.99. The molecule has 0 aliphatic carbocycles. The van der Waals surface area contributed by atoms with Crippen molar-refractivity contribution in [3.05, 3.63) is 99.7 Å². The van der Waals surface area contributed by atoms with Gasteiger partial charge in [0, 0.05) is 23.9 Å². The lowest BCUT2D eigenvalue weighted by Crippen LogP contribution is -2.44. The maximum atomic E-state index is 14.1. The number of nitro benzene ring substituents is 1. The Balaban J connectivity index is 1.50.